The van der Waals surface area contributed by atoms with Crippen molar-refractivity contribution in [3.05, 3.63) is 23.8 Å². The summed E-state index contributed by atoms with van der Waals surface area (Å²) in [5, 5.41) is 0. The first kappa shape index (κ1) is 15.8. The number of hydrogen-bond donors (Lipinski definition) is 2. The summed E-state index contributed by atoms with van der Waals surface area (Å²) in [5.74, 6) is -0.574. The largest absolute Gasteiger partial charge is 0.399 e. The molecule has 2 amide bonds. The Morgan fingerprint density at radius 3 is 2.40 bits per heavy atom. The van der Waals surface area contributed by atoms with E-state index in [1.807, 2.05) is 11.8 Å². The maximum atomic E-state index is 11.9. The van der Waals surface area contributed by atoms with Gasteiger partial charge in [0.1, 0.15) is 0 Å². The molecule has 0 saturated heterocycles. The first-order valence-corrected chi connectivity index (χ1v) is 6.51. The van der Waals surface area contributed by atoms with Gasteiger partial charge < -0.3 is 21.3 Å². The highest BCUT2D eigenvalue weighted by Gasteiger charge is 2.18. The molecule has 20 heavy (non-hydrogen) atoms. The predicted molar refractivity (Wildman–Crippen MR) is 80.6 cm³/mol. The lowest BCUT2D eigenvalue weighted by atomic mass is 10.1. The van der Waals surface area contributed by atoms with Crippen LogP contribution in [-0.4, -0.2) is 43.9 Å². The Bertz CT molecular complexity index is 500. The lowest BCUT2D eigenvalue weighted by Gasteiger charge is -2.27. The molecule has 0 aliphatic carbocycles. The van der Waals surface area contributed by atoms with E-state index in [2.05, 4.69) is 0 Å². The van der Waals surface area contributed by atoms with E-state index < -0.39 is 5.91 Å². The summed E-state index contributed by atoms with van der Waals surface area (Å²) in [7, 11) is 3.39. The summed E-state index contributed by atoms with van der Waals surface area (Å²) in [6, 6.07) is 4.90. The Balaban J connectivity index is 3.16. The molecule has 6 heteroatoms. The van der Waals surface area contributed by atoms with Crippen LogP contribution in [-0.2, 0) is 4.79 Å². The van der Waals surface area contributed by atoms with Gasteiger partial charge in [0.15, 0.2) is 0 Å². The molecule has 0 aliphatic heterocycles. The van der Waals surface area contributed by atoms with Crippen molar-refractivity contribution in [1.82, 2.24) is 4.90 Å². The molecule has 0 aromatic heterocycles. The number of anilines is 2. The number of benzene rings is 1. The number of carbonyl (C=O) groups is 2. The summed E-state index contributed by atoms with van der Waals surface area (Å²) >= 11 is 0. The molecule has 0 spiro atoms. The van der Waals surface area contributed by atoms with E-state index in [9.17, 15) is 9.59 Å². The zero-order chi connectivity index (χ0) is 15.3. The summed E-state index contributed by atoms with van der Waals surface area (Å²) < 4.78 is 0. The van der Waals surface area contributed by atoms with E-state index >= 15 is 0 Å². The van der Waals surface area contributed by atoms with Gasteiger partial charge in [-0.1, -0.05) is 6.92 Å². The van der Waals surface area contributed by atoms with Crippen molar-refractivity contribution in [2.24, 2.45) is 5.73 Å². The van der Waals surface area contributed by atoms with E-state index in [0.717, 1.165) is 6.42 Å². The first-order chi connectivity index (χ1) is 9.36. The monoisotopic (exact) mass is 278 g/mol. The van der Waals surface area contributed by atoms with Gasteiger partial charge in [-0.15, -0.1) is 0 Å². The fourth-order valence-electron chi connectivity index (χ4n) is 1.88. The van der Waals surface area contributed by atoms with E-state index in [4.69, 9.17) is 11.5 Å². The molecule has 0 fully saturated rings. The van der Waals surface area contributed by atoms with Gasteiger partial charge in [-0.3, -0.25) is 9.59 Å². The number of primary amides is 1. The molecule has 1 aromatic carbocycles. The topological polar surface area (TPSA) is 92.7 Å². The quantitative estimate of drug-likeness (QED) is 0.748. The minimum atomic E-state index is -0.529. The smallest absolute Gasteiger partial charge is 0.250 e. The van der Waals surface area contributed by atoms with Gasteiger partial charge in [-0.25, -0.2) is 0 Å². The summed E-state index contributed by atoms with van der Waals surface area (Å²) in [5.41, 5.74) is 12.7. The fraction of sp³-hybridized carbons (Fsp3) is 0.429. The van der Waals surface area contributed by atoms with Gasteiger partial charge in [-0.2, -0.15) is 0 Å². The average Bonchev–Trinajstić information content (AvgIpc) is 2.37. The van der Waals surface area contributed by atoms with Crippen molar-refractivity contribution < 1.29 is 9.59 Å². The van der Waals surface area contributed by atoms with Gasteiger partial charge in [0.05, 0.1) is 17.8 Å². The van der Waals surface area contributed by atoms with Crippen LogP contribution < -0.4 is 16.4 Å². The van der Waals surface area contributed by atoms with Crippen LogP contribution in [0, 0.1) is 0 Å². The normalized spacial score (nSPS) is 10.2. The molecule has 0 radical (unpaired) electrons. The second-order valence-corrected chi connectivity index (χ2v) is 4.85. The lowest BCUT2D eigenvalue weighted by Crippen LogP contribution is -2.38. The second-order valence-electron chi connectivity index (χ2n) is 4.85. The van der Waals surface area contributed by atoms with Gasteiger partial charge in [0.25, 0.3) is 5.91 Å². The van der Waals surface area contributed by atoms with E-state index in [1.54, 1.807) is 32.3 Å². The molecular formula is C14H22N4O2. The molecule has 0 bridgehead atoms. The molecule has 0 saturated carbocycles. The average molecular weight is 278 g/mol. The number of nitrogens with two attached hydrogens (primary N) is 2. The van der Waals surface area contributed by atoms with Crippen LogP contribution in [0.4, 0.5) is 11.4 Å². The number of hydrogen-bond acceptors (Lipinski definition) is 4. The number of rotatable bonds is 6. The zero-order valence-electron chi connectivity index (χ0n) is 12.2. The molecule has 0 heterocycles. The van der Waals surface area contributed by atoms with Crippen LogP contribution in [0.2, 0.25) is 0 Å². The Morgan fingerprint density at radius 2 is 1.90 bits per heavy atom. The minimum Gasteiger partial charge on any atom is -0.399 e. The first-order valence-electron chi connectivity index (χ1n) is 6.51. The van der Waals surface area contributed by atoms with E-state index in [1.165, 1.54) is 4.90 Å². The predicted octanol–water partition coefficient (Wildman–Crippen LogP) is 0.672. The molecule has 0 unspecified atom stereocenters. The molecule has 0 atom stereocenters. The number of carbonyl (C=O) groups excluding carboxylic acids is 2. The molecule has 1 aromatic rings. The third kappa shape index (κ3) is 3.88. The van der Waals surface area contributed by atoms with Crippen LogP contribution in [0.1, 0.15) is 23.7 Å². The van der Waals surface area contributed by atoms with E-state index in [-0.39, 0.29) is 12.5 Å². The lowest BCUT2D eigenvalue weighted by molar-refractivity contribution is -0.127. The van der Waals surface area contributed by atoms with Crippen molar-refractivity contribution in [1.29, 1.82) is 0 Å². The Morgan fingerprint density at radius 1 is 1.25 bits per heavy atom. The van der Waals surface area contributed by atoms with Gasteiger partial charge >= 0.3 is 0 Å². The van der Waals surface area contributed by atoms with Crippen molar-refractivity contribution in [2.75, 3.05) is 37.8 Å². The third-order valence-electron chi connectivity index (χ3n) is 2.95. The number of nitrogen functional groups attached to an aromatic ring is 1. The van der Waals surface area contributed by atoms with Gasteiger partial charge in [0, 0.05) is 26.3 Å². The van der Waals surface area contributed by atoms with Crippen molar-refractivity contribution in [3.63, 3.8) is 0 Å². The van der Waals surface area contributed by atoms with Gasteiger partial charge in [-0.05, 0) is 24.6 Å². The maximum absolute atomic E-state index is 11.9. The molecule has 6 nitrogen and oxygen atoms in total. The second kappa shape index (κ2) is 6.79. The highest BCUT2D eigenvalue weighted by atomic mass is 16.2. The summed E-state index contributed by atoms with van der Waals surface area (Å²) in [4.78, 5) is 26.8. The Labute approximate surface area is 119 Å². The minimum absolute atomic E-state index is 0.0451. The number of likely N-dealkylation sites (N-methyl/N-ethyl adjacent to an activating group) is 1. The molecule has 4 N–H and O–H groups in total. The van der Waals surface area contributed by atoms with Crippen LogP contribution in [0.5, 0.6) is 0 Å². The number of amides is 2. The highest BCUT2D eigenvalue weighted by Crippen LogP contribution is 2.23. The maximum Gasteiger partial charge on any atom is 0.250 e. The third-order valence-corrected chi connectivity index (χ3v) is 2.95. The summed E-state index contributed by atoms with van der Waals surface area (Å²) in [6.07, 6.45) is 0.841. The van der Waals surface area contributed by atoms with Crippen LogP contribution in [0.25, 0.3) is 0 Å². The van der Waals surface area contributed by atoms with E-state index in [0.29, 0.717) is 23.5 Å². The molecule has 110 valence electrons. The van der Waals surface area contributed by atoms with Gasteiger partial charge in [0.2, 0.25) is 5.91 Å². The molecule has 0 aliphatic rings. The zero-order valence-corrected chi connectivity index (χ0v) is 12.2. The summed E-state index contributed by atoms with van der Waals surface area (Å²) in [6.45, 7) is 2.83. The van der Waals surface area contributed by atoms with Crippen LogP contribution >= 0.6 is 0 Å². The molecular weight excluding hydrogens is 256 g/mol. The SMILES string of the molecule is CCCN(CC(=O)N(C)C)c1cc(N)ccc1C(N)=O. The van der Waals surface area contributed by atoms with Crippen molar-refractivity contribution in [2.45, 2.75) is 13.3 Å². The number of nitrogens with zero attached hydrogens (tertiary/aromatic N) is 2. The Kier molecular flexibility index (Phi) is 5.37. The van der Waals surface area contributed by atoms with Crippen LogP contribution in [0.3, 0.4) is 0 Å². The standard InChI is InChI=1S/C14H22N4O2/c1-4-7-18(9-13(19)17(2)3)12-8-10(15)5-6-11(12)14(16)20/h5-6,8H,4,7,9,15H2,1-3H3,(H2,16,20). The molecule has 1 rings (SSSR count). The fourth-order valence-corrected chi connectivity index (χ4v) is 1.88. The Hall–Kier alpha value is -2.24. The van der Waals surface area contributed by atoms with Crippen molar-refractivity contribution in [3.8, 4) is 0 Å². The highest BCUT2D eigenvalue weighted by molar-refractivity contribution is 6.00. The van der Waals surface area contributed by atoms with Crippen LogP contribution in [0.15, 0.2) is 18.2 Å². The van der Waals surface area contributed by atoms with Crippen molar-refractivity contribution >= 4 is 23.2 Å².